The Bertz CT molecular complexity index is 3210. The minimum Gasteiger partial charge on any atom is -0.456 e. The average Bonchev–Trinajstić information content (AvgIpc) is 3.65. The monoisotopic (exact) mass is 703 g/mol. The van der Waals surface area contributed by atoms with Gasteiger partial charge in [0.1, 0.15) is 11.2 Å². The normalized spacial score (nSPS) is 13.0. The number of aromatic nitrogens is 3. The lowest BCUT2D eigenvalue weighted by molar-refractivity contribution is 0.669. The molecule has 0 amide bonds. The zero-order valence-electron chi connectivity index (χ0n) is 29.9. The number of rotatable bonds is 5. The highest BCUT2D eigenvalue weighted by atomic mass is 16.3. The van der Waals surface area contributed by atoms with Crippen molar-refractivity contribution in [2.45, 2.75) is 12.8 Å². The van der Waals surface area contributed by atoms with E-state index in [9.17, 15) is 0 Å². The van der Waals surface area contributed by atoms with Crippen molar-refractivity contribution in [1.82, 2.24) is 15.0 Å². The Kier molecular flexibility index (Phi) is 7.27. The summed E-state index contributed by atoms with van der Waals surface area (Å²) in [5, 5.41) is 8.90. The van der Waals surface area contributed by atoms with Gasteiger partial charge in [-0.15, -0.1) is 0 Å². The maximum atomic E-state index is 6.50. The van der Waals surface area contributed by atoms with Crippen molar-refractivity contribution in [3.63, 3.8) is 0 Å². The maximum absolute atomic E-state index is 6.50. The van der Waals surface area contributed by atoms with Crippen LogP contribution in [0.3, 0.4) is 0 Å². The van der Waals surface area contributed by atoms with E-state index in [0.717, 1.165) is 84.1 Å². The first-order chi connectivity index (χ1) is 27.2. The van der Waals surface area contributed by atoms with Crippen molar-refractivity contribution >= 4 is 59.8 Å². The molecule has 0 bridgehead atoms. The van der Waals surface area contributed by atoms with Crippen LogP contribution in [0, 0.1) is 0 Å². The fourth-order valence-corrected chi connectivity index (χ4v) is 8.26. The molecule has 0 saturated carbocycles. The van der Waals surface area contributed by atoms with E-state index in [4.69, 9.17) is 19.4 Å². The smallest absolute Gasteiger partial charge is 0.165 e. The zero-order chi connectivity index (χ0) is 36.3. The van der Waals surface area contributed by atoms with Crippen LogP contribution in [-0.4, -0.2) is 15.0 Å². The van der Waals surface area contributed by atoms with Crippen LogP contribution in [0.1, 0.15) is 18.4 Å². The van der Waals surface area contributed by atoms with Crippen molar-refractivity contribution in [3.8, 4) is 45.3 Å². The lowest BCUT2D eigenvalue weighted by Crippen LogP contribution is -2.02. The summed E-state index contributed by atoms with van der Waals surface area (Å²) < 4.78 is 6.50. The molecule has 0 atom stereocenters. The number of fused-ring (bicyclic) bond motifs is 7. The highest BCUT2D eigenvalue weighted by Gasteiger charge is 2.23. The van der Waals surface area contributed by atoms with Gasteiger partial charge < -0.3 is 4.42 Å². The minimum absolute atomic E-state index is 0.597. The number of benzene rings is 8. The standard InChI is InChI=1S/C51H33N3O/c1-2-12-32(13-3-1)34-22-25-35(26-23-34)40-28-29-46-47(43-20-10-11-21-45(43)55-46)48(40)51-53-49(38-27-24-33-14-4-5-15-36(33)30-38)52-50(54-51)44-31-37-16-6-7-17-39(37)41-18-8-9-19-42(41)44/h2,4-31H,1,3H2. The first-order valence-corrected chi connectivity index (χ1v) is 18.8. The highest BCUT2D eigenvalue weighted by molar-refractivity contribution is 6.16. The van der Waals surface area contributed by atoms with E-state index in [-0.39, 0.29) is 0 Å². The van der Waals surface area contributed by atoms with Gasteiger partial charge in [0.2, 0.25) is 0 Å². The molecule has 1 aliphatic rings. The molecular formula is C51H33N3O. The Balaban J connectivity index is 1.22. The van der Waals surface area contributed by atoms with E-state index < -0.39 is 0 Å². The number of allylic oxidation sites excluding steroid dienone is 4. The molecule has 0 radical (unpaired) electrons. The Morgan fingerprint density at radius 1 is 0.418 bits per heavy atom. The van der Waals surface area contributed by atoms with Gasteiger partial charge in [-0.3, -0.25) is 0 Å². The third kappa shape index (κ3) is 5.33. The second-order valence-corrected chi connectivity index (χ2v) is 14.2. The van der Waals surface area contributed by atoms with E-state index >= 15 is 0 Å². The first-order valence-electron chi connectivity index (χ1n) is 18.8. The molecule has 1 aliphatic carbocycles. The fraction of sp³-hybridized carbons (Fsp3) is 0.0392. The van der Waals surface area contributed by atoms with Crippen LogP contribution in [0.4, 0.5) is 0 Å². The molecule has 10 aromatic rings. The lowest BCUT2D eigenvalue weighted by atomic mass is 9.92. The molecule has 2 aromatic heterocycles. The van der Waals surface area contributed by atoms with Crippen molar-refractivity contribution in [3.05, 3.63) is 182 Å². The molecule has 0 spiro atoms. The van der Waals surface area contributed by atoms with Gasteiger partial charge in [-0.05, 0) is 97.8 Å². The van der Waals surface area contributed by atoms with Crippen LogP contribution >= 0.6 is 0 Å². The van der Waals surface area contributed by atoms with E-state index in [1.165, 1.54) is 21.9 Å². The van der Waals surface area contributed by atoms with Gasteiger partial charge >= 0.3 is 0 Å². The largest absolute Gasteiger partial charge is 0.456 e. The molecule has 0 unspecified atom stereocenters. The zero-order valence-corrected chi connectivity index (χ0v) is 29.9. The van der Waals surface area contributed by atoms with E-state index in [1.54, 1.807) is 0 Å². The van der Waals surface area contributed by atoms with Crippen LogP contribution in [0.2, 0.25) is 0 Å². The second kappa shape index (κ2) is 12.8. The van der Waals surface area contributed by atoms with Gasteiger partial charge in [-0.2, -0.15) is 0 Å². The Hall–Kier alpha value is -7.17. The number of hydrogen-bond acceptors (Lipinski definition) is 4. The van der Waals surface area contributed by atoms with Crippen LogP contribution in [0.15, 0.2) is 180 Å². The van der Waals surface area contributed by atoms with Crippen LogP contribution in [0.5, 0.6) is 0 Å². The summed E-state index contributed by atoms with van der Waals surface area (Å²) in [5.74, 6) is 1.84. The van der Waals surface area contributed by atoms with Gasteiger partial charge in [0.25, 0.3) is 0 Å². The quantitative estimate of drug-likeness (QED) is 0.167. The predicted octanol–water partition coefficient (Wildman–Crippen LogP) is 13.6. The van der Waals surface area contributed by atoms with Crippen molar-refractivity contribution in [1.29, 1.82) is 0 Å². The topological polar surface area (TPSA) is 51.8 Å². The summed E-state index contributed by atoms with van der Waals surface area (Å²) in [5.41, 5.74) is 9.01. The van der Waals surface area contributed by atoms with Crippen LogP contribution < -0.4 is 0 Å². The first kappa shape index (κ1) is 31.4. The second-order valence-electron chi connectivity index (χ2n) is 14.2. The molecule has 4 nitrogen and oxygen atoms in total. The molecule has 2 heterocycles. The third-order valence-electron chi connectivity index (χ3n) is 10.9. The van der Waals surface area contributed by atoms with Gasteiger partial charge in [-0.25, -0.2) is 15.0 Å². The van der Waals surface area contributed by atoms with Crippen LogP contribution in [0.25, 0.3) is 105 Å². The Morgan fingerprint density at radius 2 is 1.09 bits per heavy atom. The Morgan fingerprint density at radius 3 is 1.93 bits per heavy atom. The van der Waals surface area contributed by atoms with E-state index in [2.05, 4.69) is 164 Å². The summed E-state index contributed by atoms with van der Waals surface area (Å²) in [7, 11) is 0. The van der Waals surface area contributed by atoms with E-state index in [1.807, 2.05) is 12.1 Å². The maximum Gasteiger partial charge on any atom is 0.165 e. The predicted molar refractivity (Wildman–Crippen MR) is 228 cm³/mol. The lowest BCUT2D eigenvalue weighted by Gasteiger charge is -2.15. The molecule has 0 aliphatic heterocycles. The van der Waals surface area contributed by atoms with Gasteiger partial charge in [0, 0.05) is 27.5 Å². The molecule has 8 aromatic carbocycles. The Labute approximate surface area is 317 Å². The van der Waals surface area contributed by atoms with E-state index in [0.29, 0.717) is 17.5 Å². The summed E-state index contributed by atoms with van der Waals surface area (Å²) in [4.78, 5) is 16.1. The average molecular weight is 704 g/mol. The summed E-state index contributed by atoms with van der Waals surface area (Å²) in [6.07, 6.45) is 8.96. The molecule has 0 fully saturated rings. The van der Waals surface area contributed by atoms with Gasteiger partial charge in [0.15, 0.2) is 17.5 Å². The number of furan rings is 1. The van der Waals surface area contributed by atoms with Crippen molar-refractivity contribution in [2.75, 3.05) is 0 Å². The summed E-state index contributed by atoms with van der Waals surface area (Å²) >= 11 is 0. The molecule has 0 saturated heterocycles. The van der Waals surface area contributed by atoms with Crippen molar-refractivity contribution < 1.29 is 4.42 Å². The fourth-order valence-electron chi connectivity index (χ4n) is 8.26. The molecule has 4 heteroatoms. The molecular weight excluding hydrogens is 671 g/mol. The van der Waals surface area contributed by atoms with Crippen LogP contribution in [-0.2, 0) is 0 Å². The molecule has 11 rings (SSSR count). The van der Waals surface area contributed by atoms with Crippen molar-refractivity contribution in [2.24, 2.45) is 0 Å². The van der Waals surface area contributed by atoms with Gasteiger partial charge in [0.05, 0.1) is 0 Å². The molecule has 55 heavy (non-hydrogen) atoms. The SMILES string of the molecule is C1=CC(c2ccc(-c3ccc4oc5ccccc5c4c3-c3nc(-c4ccc5ccccc5c4)nc(-c4cc5ccccc5c5ccccc45)n3)cc2)=CCC1. The minimum atomic E-state index is 0.597. The summed E-state index contributed by atoms with van der Waals surface area (Å²) in [6.45, 7) is 0. The number of hydrogen-bond donors (Lipinski definition) is 0. The number of nitrogens with zero attached hydrogens (tertiary/aromatic N) is 3. The van der Waals surface area contributed by atoms with Gasteiger partial charge in [-0.1, -0.05) is 146 Å². The number of para-hydroxylation sites is 1. The molecule has 258 valence electrons. The molecule has 0 N–H and O–H groups in total. The highest BCUT2D eigenvalue weighted by Crippen LogP contribution is 2.43. The summed E-state index contributed by atoms with van der Waals surface area (Å²) in [6, 6.07) is 55.5. The third-order valence-corrected chi connectivity index (χ3v) is 10.9.